The standard InChI is InChI=1S/C13H8F2INO/c14-8-1-4-10(5-2-8)17-13(18)11-7-9(15)3-6-12(11)16/h1-7H,(H,17,18). The van der Waals surface area contributed by atoms with E-state index in [1.807, 2.05) is 22.6 Å². The van der Waals surface area contributed by atoms with Crippen LogP contribution in [0.5, 0.6) is 0 Å². The second kappa shape index (κ2) is 5.43. The zero-order valence-corrected chi connectivity index (χ0v) is 11.2. The van der Waals surface area contributed by atoms with E-state index >= 15 is 0 Å². The van der Waals surface area contributed by atoms with Crippen molar-refractivity contribution in [2.24, 2.45) is 0 Å². The van der Waals surface area contributed by atoms with Crippen LogP contribution in [-0.4, -0.2) is 5.91 Å². The number of amides is 1. The molecule has 0 aliphatic rings. The molecule has 2 aromatic carbocycles. The van der Waals surface area contributed by atoms with Gasteiger partial charge in [-0.05, 0) is 65.1 Å². The van der Waals surface area contributed by atoms with Gasteiger partial charge in [0, 0.05) is 9.26 Å². The highest BCUT2D eigenvalue weighted by Crippen LogP contribution is 2.16. The Kier molecular flexibility index (Phi) is 3.90. The van der Waals surface area contributed by atoms with Crippen molar-refractivity contribution >= 4 is 34.2 Å². The molecule has 1 N–H and O–H groups in total. The third-order valence-electron chi connectivity index (χ3n) is 2.28. The van der Waals surface area contributed by atoms with Crippen molar-refractivity contribution in [1.29, 1.82) is 0 Å². The molecule has 0 spiro atoms. The Morgan fingerprint density at radius 1 is 1.00 bits per heavy atom. The Morgan fingerprint density at radius 3 is 2.28 bits per heavy atom. The normalized spacial score (nSPS) is 10.2. The number of hydrogen-bond donors (Lipinski definition) is 1. The van der Waals surface area contributed by atoms with Crippen LogP contribution in [-0.2, 0) is 0 Å². The summed E-state index contributed by atoms with van der Waals surface area (Å²) in [6.45, 7) is 0. The molecule has 1 amide bonds. The Bertz CT molecular complexity index is 584. The molecule has 2 nitrogen and oxygen atoms in total. The smallest absolute Gasteiger partial charge is 0.256 e. The average molecular weight is 359 g/mol. The molecule has 0 saturated carbocycles. The van der Waals surface area contributed by atoms with Gasteiger partial charge in [-0.25, -0.2) is 8.78 Å². The summed E-state index contributed by atoms with van der Waals surface area (Å²) in [6, 6.07) is 9.35. The first-order valence-corrected chi connectivity index (χ1v) is 6.16. The van der Waals surface area contributed by atoms with Crippen molar-refractivity contribution in [2.75, 3.05) is 5.32 Å². The fraction of sp³-hybridized carbons (Fsp3) is 0. The van der Waals surface area contributed by atoms with Gasteiger partial charge in [-0.3, -0.25) is 4.79 Å². The van der Waals surface area contributed by atoms with Crippen LogP contribution >= 0.6 is 22.6 Å². The van der Waals surface area contributed by atoms with Crippen LogP contribution < -0.4 is 5.32 Å². The molecule has 0 aliphatic carbocycles. The molecular formula is C13H8F2INO. The van der Waals surface area contributed by atoms with Gasteiger partial charge in [-0.15, -0.1) is 0 Å². The topological polar surface area (TPSA) is 29.1 Å². The fourth-order valence-electron chi connectivity index (χ4n) is 1.40. The van der Waals surface area contributed by atoms with Gasteiger partial charge in [0.15, 0.2) is 0 Å². The Balaban J connectivity index is 2.21. The summed E-state index contributed by atoms with van der Waals surface area (Å²) >= 11 is 1.95. The minimum atomic E-state index is -0.473. The van der Waals surface area contributed by atoms with Crippen molar-refractivity contribution < 1.29 is 13.6 Å². The molecule has 0 fully saturated rings. The van der Waals surface area contributed by atoms with E-state index in [0.29, 0.717) is 9.26 Å². The second-order valence-electron chi connectivity index (χ2n) is 3.59. The van der Waals surface area contributed by atoms with E-state index in [9.17, 15) is 13.6 Å². The number of nitrogens with one attached hydrogen (secondary N) is 1. The average Bonchev–Trinajstić information content (AvgIpc) is 2.35. The first-order chi connectivity index (χ1) is 8.56. The summed E-state index contributed by atoms with van der Waals surface area (Å²) < 4.78 is 26.4. The minimum absolute atomic E-state index is 0.250. The van der Waals surface area contributed by atoms with Gasteiger partial charge in [-0.2, -0.15) is 0 Å². The van der Waals surface area contributed by atoms with E-state index in [1.54, 1.807) is 0 Å². The lowest BCUT2D eigenvalue weighted by Gasteiger charge is -2.07. The number of anilines is 1. The molecule has 0 heterocycles. The van der Waals surface area contributed by atoms with Crippen molar-refractivity contribution in [3.8, 4) is 0 Å². The molecule has 0 radical (unpaired) electrons. The third kappa shape index (κ3) is 3.04. The number of benzene rings is 2. The maximum Gasteiger partial charge on any atom is 0.256 e. The van der Waals surface area contributed by atoms with Crippen LogP contribution in [0.1, 0.15) is 10.4 Å². The fourth-order valence-corrected chi connectivity index (χ4v) is 1.98. The highest BCUT2D eigenvalue weighted by molar-refractivity contribution is 14.1. The number of carbonyl (C=O) groups excluding carboxylic acids is 1. The van der Waals surface area contributed by atoms with Gasteiger partial charge >= 0.3 is 0 Å². The summed E-state index contributed by atoms with van der Waals surface area (Å²) in [7, 11) is 0. The van der Waals surface area contributed by atoms with Gasteiger partial charge in [0.05, 0.1) is 5.56 Å². The summed E-state index contributed by atoms with van der Waals surface area (Å²) in [5, 5.41) is 2.58. The quantitative estimate of drug-likeness (QED) is 0.812. The lowest BCUT2D eigenvalue weighted by atomic mass is 10.2. The summed E-state index contributed by atoms with van der Waals surface area (Å²) in [6.07, 6.45) is 0. The van der Waals surface area contributed by atoms with Crippen molar-refractivity contribution in [1.82, 2.24) is 0 Å². The van der Waals surface area contributed by atoms with E-state index in [1.165, 1.54) is 42.5 Å². The van der Waals surface area contributed by atoms with Crippen molar-refractivity contribution in [2.45, 2.75) is 0 Å². The van der Waals surface area contributed by atoms with E-state index in [4.69, 9.17) is 0 Å². The second-order valence-corrected chi connectivity index (χ2v) is 4.75. The molecule has 0 atom stereocenters. The highest BCUT2D eigenvalue weighted by atomic mass is 127. The van der Waals surface area contributed by atoms with E-state index < -0.39 is 11.7 Å². The van der Waals surface area contributed by atoms with Crippen molar-refractivity contribution in [3.63, 3.8) is 0 Å². The van der Waals surface area contributed by atoms with Gasteiger partial charge in [0.1, 0.15) is 11.6 Å². The van der Waals surface area contributed by atoms with Crippen LogP contribution in [0.15, 0.2) is 42.5 Å². The van der Waals surface area contributed by atoms with E-state index in [-0.39, 0.29) is 11.4 Å². The molecule has 18 heavy (non-hydrogen) atoms. The molecule has 5 heteroatoms. The van der Waals surface area contributed by atoms with Gasteiger partial charge in [0.25, 0.3) is 5.91 Å². The third-order valence-corrected chi connectivity index (χ3v) is 3.22. The predicted octanol–water partition coefficient (Wildman–Crippen LogP) is 3.82. The molecule has 0 aromatic heterocycles. The van der Waals surface area contributed by atoms with Gasteiger partial charge < -0.3 is 5.32 Å². The van der Waals surface area contributed by atoms with Gasteiger partial charge in [0.2, 0.25) is 0 Å². The first kappa shape index (κ1) is 12.9. The summed E-state index contributed by atoms with van der Waals surface area (Å²) in [5.74, 6) is -1.28. The molecular weight excluding hydrogens is 351 g/mol. The van der Waals surface area contributed by atoms with Crippen molar-refractivity contribution in [3.05, 3.63) is 63.2 Å². The molecule has 2 rings (SSSR count). The summed E-state index contributed by atoms with van der Waals surface area (Å²) in [4.78, 5) is 11.9. The lowest BCUT2D eigenvalue weighted by molar-refractivity contribution is 0.102. The number of hydrogen-bond acceptors (Lipinski definition) is 1. The van der Waals surface area contributed by atoms with Crippen LogP contribution in [0.4, 0.5) is 14.5 Å². The Labute approximate surface area is 116 Å². The number of halogens is 3. The first-order valence-electron chi connectivity index (χ1n) is 5.08. The number of rotatable bonds is 2. The molecule has 0 aliphatic heterocycles. The minimum Gasteiger partial charge on any atom is -0.322 e. The Hall–Kier alpha value is -1.50. The molecule has 92 valence electrons. The summed E-state index contributed by atoms with van der Waals surface area (Å²) in [5.41, 5.74) is 0.710. The molecule has 0 unspecified atom stereocenters. The van der Waals surface area contributed by atoms with Crippen LogP contribution in [0.2, 0.25) is 0 Å². The SMILES string of the molecule is O=C(Nc1ccc(F)cc1)c1cc(F)ccc1I. The predicted molar refractivity (Wildman–Crippen MR) is 73.5 cm³/mol. The number of carbonyl (C=O) groups is 1. The van der Waals surface area contributed by atoms with Crippen LogP contribution in [0.25, 0.3) is 0 Å². The maximum atomic E-state index is 13.1. The maximum absolute atomic E-state index is 13.1. The molecule has 0 bridgehead atoms. The zero-order chi connectivity index (χ0) is 13.1. The zero-order valence-electron chi connectivity index (χ0n) is 9.08. The largest absolute Gasteiger partial charge is 0.322 e. The highest BCUT2D eigenvalue weighted by Gasteiger charge is 2.11. The van der Waals surface area contributed by atoms with E-state index in [2.05, 4.69) is 5.32 Å². The van der Waals surface area contributed by atoms with E-state index in [0.717, 1.165) is 0 Å². The lowest BCUT2D eigenvalue weighted by Crippen LogP contribution is -2.13. The Morgan fingerprint density at radius 2 is 1.61 bits per heavy atom. The van der Waals surface area contributed by atoms with Crippen LogP contribution in [0, 0.1) is 15.2 Å². The van der Waals surface area contributed by atoms with Crippen LogP contribution in [0.3, 0.4) is 0 Å². The molecule has 2 aromatic rings. The molecule has 0 saturated heterocycles. The van der Waals surface area contributed by atoms with Gasteiger partial charge in [-0.1, -0.05) is 0 Å². The monoisotopic (exact) mass is 359 g/mol.